The lowest BCUT2D eigenvalue weighted by molar-refractivity contribution is 0.0505. The summed E-state index contributed by atoms with van der Waals surface area (Å²) in [7, 11) is -7.34. The quantitative estimate of drug-likeness (QED) is 0.0244. The molecular weight excluding hydrogens is 1360 g/mol. The predicted octanol–water partition coefficient (Wildman–Crippen LogP) is 10.9. The second-order valence-corrected chi connectivity index (χ2v) is 30.0. The molecule has 3 saturated heterocycles. The van der Waals surface area contributed by atoms with Crippen molar-refractivity contribution in [2.45, 2.75) is 127 Å². The largest absolute Gasteiger partial charge is 0.459 e. The molecule has 11 N–H and O–H groups in total. The topological polar surface area (TPSA) is 409 Å². The van der Waals surface area contributed by atoms with Gasteiger partial charge in [-0.2, -0.15) is 9.97 Å². The van der Waals surface area contributed by atoms with Crippen molar-refractivity contribution in [3.63, 3.8) is 0 Å². The Morgan fingerprint density at radius 3 is 1.29 bits per heavy atom. The number of piperidine rings is 3. The average molecular weight is 1440 g/mol. The standard InChI is InChI=1S/C23H30N6O5S.C17H23ClN4O3.C11H22N2O2.C6H2Cl2N2O.C6H8N2O2S/c1-23(2,3)34-22(30)25-14-15-8-11-29(12-9-15)20-19-18(10-13-33-19)27-21(28-20)26-16-4-6-17(7-5-16)35(24,31)32;1-17(2,3)25-16(23)19-10-11-4-7-22(8-5-11)14-13-12(6-9-24-13)20-15(18)21-14;1-11(2,3)15-10(14)13-8-9-4-6-12-7-5-9;7-5-4-3(1-2-11-4)9-6(8)10-5;7-5-1-3-6(4-2-5)11(8,9)10/h4-7,10,13,15H,8-9,11-12,14H2,1-3H3,(H,25,30)(H2,24,31,32)(H,26,27,28);6,9,11H,4-5,7-8,10H2,1-3H3,(H,19,23);9,12H,4-8H2,1-3H3,(H,13,14);1-2H;1-4H,7H2,(H2,8,9,10). The molecule has 97 heavy (non-hydrogen) atoms. The van der Waals surface area contributed by atoms with Gasteiger partial charge in [0.15, 0.2) is 33.5 Å². The summed E-state index contributed by atoms with van der Waals surface area (Å²) in [4.78, 5) is 64.7. The number of ether oxygens (including phenoxy) is 3. The van der Waals surface area contributed by atoms with E-state index in [1.807, 2.05) is 62.3 Å². The fourth-order valence-corrected chi connectivity index (χ4v) is 11.5. The highest BCUT2D eigenvalue weighted by Crippen LogP contribution is 2.33. The van der Waals surface area contributed by atoms with E-state index >= 15 is 0 Å². The summed E-state index contributed by atoms with van der Waals surface area (Å²) in [6.45, 7) is 23.9. The number of fused-ring (bicyclic) bond motifs is 3. The van der Waals surface area contributed by atoms with Gasteiger partial charge in [0.25, 0.3) is 0 Å². The summed E-state index contributed by atoms with van der Waals surface area (Å²) in [5, 5.41) is 25.5. The highest BCUT2D eigenvalue weighted by atomic mass is 35.5. The number of furan rings is 3. The number of sulfonamides is 2. The van der Waals surface area contributed by atoms with Crippen molar-refractivity contribution in [3.05, 3.63) is 101 Å². The summed E-state index contributed by atoms with van der Waals surface area (Å²) in [5.41, 5.74) is 8.79. The number of rotatable bonds is 12. The number of nitrogen functional groups attached to an aromatic ring is 1. The lowest BCUT2D eigenvalue weighted by Gasteiger charge is -2.33. The Morgan fingerprint density at radius 1 is 0.515 bits per heavy atom. The van der Waals surface area contributed by atoms with Gasteiger partial charge in [-0.05, 0) is 203 Å². The number of nitrogens with zero attached hydrogens (tertiary/aromatic N) is 8. The molecule has 3 aliphatic rings. The highest BCUT2D eigenvalue weighted by Gasteiger charge is 2.28. The Labute approximate surface area is 578 Å². The normalized spacial score (nSPS) is 15.1. The lowest BCUT2D eigenvalue weighted by atomic mass is 9.97. The number of alkyl carbamates (subject to hydrolysis) is 3. The molecular formula is C63H85Cl3N16O13S2. The zero-order valence-corrected chi connectivity index (χ0v) is 59.4. The molecule has 34 heteroatoms. The van der Waals surface area contributed by atoms with Crippen LogP contribution in [0.2, 0.25) is 15.7 Å². The van der Waals surface area contributed by atoms with Gasteiger partial charge in [-0.3, -0.25) is 0 Å². The van der Waals surface area contributed by atoms with Gasteiger partial charge in [0, 0.05) is 75.4 Å². The summed E-state index contributed by atoms with van der Waals surface area (Å²) in [6, 6.07) is 17.0. The van der Waals surface area contributed by atoms with Gasteiger partial charge in [0.1, 0.15) is 33.4 Å². The minimum atomic E-state index is -3.77. The van der Waals surface area contributed by atoms with E-state index in [2.05, 4.69) is 66.3 Å². The number of anilines is 5. The van der Waals surface area contributed by atoms with Crippen LogP contribution < -0.4 is 52.4 Å². The molecule has 2 aromatic carbocycles. The Balaban J connectivity index is 0.000000185. The second-order valence-electron chi connectivity index (χ2n) is 25.9. The number of primary sulfonamides is 2. The Hall–Kier alpha value is -8.04. The molecule has 0 aliphatic carbocycles. The lowest BCUT2D eigenvalue weighted by Crippen LogP contribution is -2.40. The number of hydrogen-bond acceptors (Lipinski definition) is 24. The predicted molar refractivity (Wildman–Crippen MR) is 372 cm³/mol. The molecule has 6 aromatic heterocycles. The number of amides is 3. The molecule has 0 saturated carbocycles. The minimum absolute atomic E-state index is 0.0268. The second kappa shape index (κ2) is 34.0. The maximum absolute atomic E-state index is 11.9. The van der Waals surface area contributed by atoms with E-state index in [1.54, 1.807) is 42.9 Å². The molecule has 0 bridgehead atoms. The van der Waals surface area contributed by atoms with E-state index < -0.39 is 42.9 Å². The van der Waals surface area contributed by atoms with Crippen LogP contribution in [0.5, 0.6) is 0 Å². The molecule has 29 nitrogen and oxygen atoms in total. The number of aromatic nitrogens is 6. The molecule has 3 fully saturated rings. The van der Waals surface area contributed by atoms with Crippen LogP contribution in [0.25, 0.3) is 33.3 Å². The smallest absolute Gasteiger partial charge is 0.407 e. The van der Waals surface area contributed by atoms with Crippen molar-refractivity contribution in [1.29, 1.82) is 0 Å². The molecule has 3 amide bonds. The van der Waals surface area contributed by atoms with Gasteiger partial charge in [-0.25, -0.2) is 61.4 Å². The maximum Gasteiger partial charge on any atom is 0.407 e. The van der Waals surface area contributed by atoms with E-state index in [-0.39, 0.29) is 37.7 Å². The van der Waals surface area contributed by atoms with Crippen LogP contribution in [-0.2, 0) is 34.3 Å². The van der Waals surface area contributed by atoms with Crippen LogP contribution in [0, 0.1) is 17.8 Å². The van der Waals surface area contributed by atoms with Crippen molar-refractivity contribution in [1.82, 2.24) is 51.2 Å². The number of nitrogens with two attached hydrogens (primary N) is 3. The van der Waals surface area contributed by atoms with Gasteiger partial charge >= 0.3 is 18.3 Å². The third-order valence-corrected chi connectivity index (χ3v) is 17.0. The third-order valence-electron chi connectivity index (χ3n) is 14.5. The van der Waals surface area contributed by atoms with Crippen molar-refractivity contribution >= 4 is 135 Å². The number of benzene rings is 2. The van der Waals surface area contributed by atoms with Crippen molar-refractivity contribution in [2.75, 3.05) is 79.8 Å². The van der Waals surface area contributed by atoms with Crippen LogP contribution in [0.3, 0.4) is 0 Å². The monoisotopic (exact) mass is 1440 g/mol. The number of nitrogens with one attached hydrogen (secondary N) is 5. The first-order valence-corrected chi connectivity index (χ1v) is 35.4. The van der Waals surface area contributed by atoms with Crippen LogP contribution in [0.15, 0.2) is 109 Å². The van der Waals surface area contributed by atoms with Gasteiger partial charge in [-0.1, -0.05) is 11.6 Å². The summed E-state index contributed by atoms with van der Waals surface area (Å²) in [5.74, 6) is 3.13. The Bertz CT molecular complexity index is 4120. The van der Waals surface area contributed by atoms with E-state index in [4.69, 9.17) is 78.3 Å². The molecule has 528 valence electrons. The SMILES string of the molecule is CC(C)(C)OC(=O)NCC1CCN(c2nc(Cl)nc3ccoc23)CC1.CC(C)(C)OC(=O)NCC1CCN(c2nc(Nc3ccc(S(N)(=O)=O)cc3)nc3ccoc23)CC1.CC(C)(C)OC(=O)NCC1CCNCC1.Clc1nc(Cl)c2occc2n1.Nc1ccc(S(N)(=O)=O)cc1. The van der Waals surface area contributed by atoms with Crippen LogP contribution >= 0.6 is 34.8 Å². The molecule has 3 aliphatic heterocycles. The van der Waals surface area contributed by atoms with E-state index in [0.29, 0.717) is 87.3 Å². The molecule has 0 unspecified atom stereocenters. The maximum atomic E-state index is 11.9. The van der Waals surface area contributed by atoms with Gasteiger partial charge in [0.05, 0.1) is 28.6 Å². The summed E-state index contributed by atoms with van der Waals surface area (Å²) in [6.07, 6.45) is 9.49. The summed E-state index contributed by atoms with van der Waals surface area (Å²) < 4.78 is 76.2. The van der Waals surface area contributed by atoms with E-state index in [0.717, 1.165) is 90.2 Å². The third kappa shape index (κ3) is 25.4. The minimum Gasteiger partial charge on any atom is -0.459 e. The number of carbonyl (C=O) groups excluding carboxylic acids is 3. The van der Waals surface area contributed by atoms with Gasteiger partial charge in [-0.15, -0.1) is 0 Å². The number of hydrogen-bond donors (Lipinski definition) is 8. The van der Waals surface area contributed by atoms with Crippen LogP contribution in [-0.4, -0.2) is 141 Å². The fourth-order valence-electron chi connectivity index (χ4n) is 9.88. The van der Waals surface area contributed by atoms with Crippen LogP contribution in [0.1, 0.15) is 101 Å². The van der Waals surface area contributed by atoms with Crippen molar-refractivity contribution in [2.24, 2.45) is 28.0 Å². The molecule has 11 rings (SSSR count). The molecule has 0 spiro atoms. The Kier molecular flexibility index (Phi) is 26.7. The zero-order valence-electron chi connectivity index (χ0n) is 55.5. The first-order chi connectivity index (χ1) is 45.5. The fraction of sp³-hybridized carbons (Fsp3) is 0.476. The summed E-state index contributed by atoms with van der Waals surface area (Å²) >= 11 is 17.2. The average Bonchev–Trinajstić information content (AvgIpc) is 1.69. The highest BCUT2D eigenvalue weighted by molar-refractivity contribution is 7.89. The molecule has 0 atom stereocenters. The molecule has 0 radical (unpaired) electrons. The van der Waals surface area contributed by atoms with Gasteiger partial charge < -0.3 is 69.6 Å². The van der Waals surface area contributed by atoms with Gasteiger partial charge in [0.2, 0.25) is 36.6 Å². The zero-order chi connectivity index (χ0) is 70.9. The van der Waals surface area contributed by atoms with Crippen LogP contribution in [0.4, 0.5) is 43.3 Å². The van der Waals surface area contributed by atoms with Crippen molar-refractivity contribution in [3.8, 4) is 0 Å². The number of carbonyl (C=O) groups is 3. The first kappa shape index (κ1) is 76.3. The van der Waals surface area contributed by atoms with Crippen molar-refractivity contribution < 1.29 is 58.7 Å². The Morgan fingerprint density at radius 2 is 0.876 bits per heavy atom. The first-order valence-electron chi connectivity index (χ1n) is 31.2. The molecule has 8 aromatic rings. The number of halogens is 3. The van der Waals surface area contributed by atoms with E-state index in [9.17, 15) is 31.2 Å². The van der Waals surface area contributed by atoms with E-state index in [1.165, 1.54) is 42.7 Å². The molecule has 9 heterocycles.